The van der Waals surface area contributed by atoms with Crippen LogP contribution in [-0.4, -0.2) is 41.5 Å². The fourth-order valence-electron chi connectivity index (χ4n) is 3.11. The zero-order valence-corrected chi connectivity index (χ0v) is 15.9. The summed E-state index contributed by atoms with van der Waals surface area (Å²) in [7, 11) is 0. The third-order valence-corrected chi connectivity index (χ3v) is 4.38. The van der Waals surface area contributed by atoms with Crippen molar-refractivity contribution in [1.82, 2.24) is 15.5 Å². The van der Waals surface area contributed by atoms with Gasteiger partial charge in [-0.05, 0) is 52.5 Å². The van der Waals surface area contributed by atoms with E-state index in [0.29, 0.717) is 19.5 Å². The first-order chi connectivity index (χ1) is 11.7. The molecule has 0 atom stereocenters. The van der Waals surface area contributed by atoms with Gasteiger partial charge in [-0.2, -0.15) is 0 Å². The van der Waals surface area contributed by atoms with Crippen molar-refractivity contribution in [2.75, 3.05) is 13.1 Å². The normalized spacial score (nSPS) is 15.8. The molecule has 2 N–H and O–H groups in total. The molecule has 0 bridgehead atoms. The number of hydrogen-bond acceptors (Lipinski definition) is 2. The molecule has 1 aromatic carbocycles. The molecule has 5 nitrogen and oxygen atoms in total. The molecule has 1 heterocycles. The molecule has 1 aliphatic rings. The summed E-state index contributed by atoms with van der Waals surface area (Å²) in [6.07, 6.45) is 2.96. The molecule has 0 radical (unpaired) electrons. The van der Waals surface area contributed by atoms with Gasteiger partial charge in [-0.25, -0.2) is 4.79 Å². The molecule has 3 amide bonds. The Bertz CT molecular complexity index is 599. The number of hydrogen-bond donors (Lipinski definition) is 2. The molecule has 1 aliphatic heterocycles. The number of nitrogens with zero attached hydrogens (tertiary/aromatic N) is 1. The van der Waals surface area contributed by atoms with Crippen LogP contribution in [0.3, 0.4) is 0 Å². The van der Waals surface area contributed by atoms with Crippen LogP contribution < -0.4 is 10.6 Å². The third-order valence-electron chi connectivity index (χ3n) is 4.38. The maximum atomic E-state index is 12.4. The summed E-state index contributed by atoms with van der Waals surface area (Å²) in [6.45, 7) is 9.38. The second-order valence-electron chi connectivity index (χ2n) is 7.99. The summed E-state index contributed by atoms with van der Waals surface area (Å²) >= 11 is 0. The van der Waals surface area contributed by atoms with Crippen molar-refractivity contribution in [3.05, 3.63) is 35.4 Å². The van der Waals surface area contributed by atoms with Crippen LogP contribution in [0.4, 0.5) is 4.79 Å². The van der Waals surface area contributed by atoms with Gasteiger partial charge in [-0.3, -0.25) is 4.79 Å². The number of aryl methyl sites for hydroxylation is 2. The van der Waals surface area contributed by atoms with Gasteiger partial charge in [0.1, 0.15) is 0 Å². The van der Waals surface area contributed by atoms with E-state index in [4.69, 9.17) is 0 Å². The van der Waals surface area contributed by atoms with E-state index in [1.165, 1.54) is 11.1 Å². The molecule has 0 spiro atoms. The Balaban J connectivity index is 1.72. The molecular weight excluding hydrogens is 314 g/mol. The van der Waals surface area contributed by atoms with E-state index in [0.717, 1.165) is 19.3 Å². The Morgan fingerprint density at radius 2 is 1.88 bits per heavy atom. The highest BCUT2D eigenvalue weighted by Crippen LogP contribution is 2.14. The van der Waals surface area contributed by atoms with Crippen LogP contribution in [0.1, 0.15) is 51.2 Å². The van der Waals surface area contributed by atoms with Crippen molar-refractivity contribution in [3.8, 4) is 0 Å². The molecule has 0 aromatic heterocycles. The molecule has 138 valence electrons. The van der Waals surface area contributed by atoms with Crippen LogP contribution >= 0.6 is 0 Å². The number of piperidine rings is 1. The van der Waals surface area contributed by atoms with Gasteiger partial charge < -0.3 is 15.5 Å². The van der Waals surface area contributed by atoms with Gasteiger partial charge in [0.2, 0.25) is 5.91 Å². The van der Waals surface area contributed by atoms with E-state index in [1.807, 2.05) is 31.7 Å². The highest BCUT2D eigenvalue weighted by Gasteiger charge is 2.24. The summed E-state index contributed by atoms with van der Waals surface area (Å²) in [6, 6.07) is 8.33. The van der Waals surface area contributed by atoms with Gasteiger partial charge in [0, 0.05) is 31.1 Å². The molecule has 1 saturated heterocycles. The van der Waals surface area contributed by atoms with Gasteiger partial charge in [0.05, 0.1) is 0 Å². The van der Waals surface area contributed by atoms with E-state index in [2.05, 4.69) is 35.8 Å². The average molecular weight is 345 g/mol. The Morgan fingerprint density at radius 3 is 2.48 bits per heavy atom. The van der Waals surface area contributed by atoms with Gasteiger partial charge >= 0.3 is 6.03 Å². The van der Waals surface area contributed by atoms with Crippen molar-refractivity contribution in [3.63, 3.8) is 0 Å². The van der Waals surface area contributed by atoms with Crippen molar-refractivity contribution in [2.45, 2.75) is 65.0 Å². The quantitative estimate of drug-likeness (QED) is 0.881. The lowest BCUT2D eigenvalue weighted by atomic mass is 10.0. The third kappa shape index (κ3) is 6.77. The lowest BCUT2D eigenvalue weighted by molar-refractivity contribution is -0.132. The van der Waals surface area contributed by atoms with E-state index in [-0.39, 0.29) is 23.5 Å². The average Bonchev–Trinajstić information content (AvgIpc) is 2.51. The largest absolute Gasteiger partial charge is 0.343 e. The van der Waals surface area contributed by atoms with Crippen molar-refractivity contribution >= 4 is 11.9 Å². The molecule has 0 saturated carbocycles. The van der Waals surface area contributed by atoms with Crippen LogP contribution in [0, 0.1) is 6.92 Å². The number of benzene rings is 1. The smallest absolute Gasteiger partial charge is 0.315 e. The van der Waals surface area contributed by atoms with Crippen molar-refractivity contribution < 1.29 is 9.59 Å². The van der Waals surface area contributed by atoms with Crippen LogP contribution in [0.5, 0.6) is 0 Å². The number of carbonyl (C=O) groups is 2. The Hall–Kier alpha value is -2.04. The summed E-state index contributed by atoms with van der Waals surface area (Å²) in [5.41, 5.74) is 2.20. The molecule has 1 aromatic rings. The SMILES string of the molecule is Cc1cccc(CCC(=O)N2CCC(NC(=O)NC(C)(C)C)CC2)c1. The monoisotopic (exact) mass is 345 g/mol. The minimum Gasteiger partial charge on any atom is -0.343 e. The number of likely N-dealkylation sites (tertiary alicyclic amines) is 1. The molecule has 25 heavy (non-hydrogen) atoms. The molecule has 2 rings (SSSR count). The molecule has 5 heteroatoms. The molecular formula is C20H31N3O2. The van der Waals surface area contributed by atoms with Gasteiger partial charge in [0.25, 0.3) is 0 Å². The van der Waals surface area contributed by atoms with Gasteiger partial charge in [0.15, 0.2) is 0 Å². The zero-order chi connectivity index (χ0) is 18.4. The van der Waals surface area contributed by atoms with Crippen LogP contribution in [0.15, 0.2) is 24.3 Å². The first kappa shape index (κ1) is 19.3. The Morgan fingerprint density at radius 1 is 1.20 bits per heavy atom. The maximum Gasteiger partial charge on any atom is 0.315 e. The summed E-state index contributed by atoms with van der Waals surface area (Å²) < 4.78 is 0. The molecule has 1 fully saturated rings. The summed E-state index contributed by atoms with van der Waals surface area (Å²) in [5.74, 6) is 0.207. The standard InChI is InChI=1S/C20H31N3O2/c1-15-6-5-7-16(14-15)8-9-18(24)23-12-10-17(11-13-23)21-19(25)22-20(2,3)4/h5-7,14,17H,8-13H2,1-4H3,(H2,21,22,25). The number of carbonyl (C=O) groups excluding carboxylic acids is 2. The second kappa shape index (κ2) is 8.37. The number of nitrogens with one attached hydrogen (secondary N) is 2. The fourth-order valence-corrected chi connectivity index (χ4v) is 3.11. The molecule has 0 unspecified atom stereocenters. The zero-order valence-electron chi connectivity index (χ0n) is 15.9. The summed E-state index contributed by atoms with van der Waals surface area (Å²) in [4.78, 5) is 26.3. The van der Waals surface area contributed by atoms with Crippen molar-refractivity contribution in [1.29, 1.82) is 0 Å². The topological polar surface area (TPSA) is 61.4 Å². The predicted octanol–water partition coefficient (Wildman–Crippen LogP) is 3.02. The number of rotatable bonds is 4. The Labute approximate surface area is 151 Å². The van der Waals surface area contributed by atoms with Crippen LogP contribution in [-0.2, 0) is 11.2 Å². The lowest BCUT2D eigenvalue weighted by Crippen LogP contribution is -2.52. The van der Waals surface area contributed by atoms with E-state index < -0.39 is 0 Å². The number of urea groups is 1. The fraction of sp³-hybridized carbons (Fsp3) is 0.600. The van der Waals surface area contributed by atoms with E-state index >= 15 is 0 Å². The Kier molecular flexibility index (Phi) is 6.45. The van der Waals surface area contributed by atoms with Gasteiger partial charge in [-0.15, -0.1) is 0 Å². The highest BCUT2D eigenvalue weighted by atomic mass is 16.2. The van der Waals surface area contributed by atoms with Crippen molar-refractivity contribution in [2.24, 2.45) is 0 Å². The predicted molar refractivity (Wildman–Crippen MR) is 101 cm³/mol. The van der Waals surface area contributed by atoms with E-state index in [1.54, 1.807) is 0 Å². The minimum atomic E-state index is -0.240. The first-order valence-corrected chi connectivity index (χ1v) is 9.15. The van der Waals surface area contributed by atoms with E-state index in [9.17, 15) is 9.59 Å². The second-order valence-corrected chi connectivity index (χ2v) is 7.99. The minimum absolute atomic E-state index is 0.128. The highest BCUT2D eigenvalue weighted by molar-refractivity contribution is 5.77. The summed E-state index contributed by atoms with van der Waals surface area (Å²) in [5, 5.41) is 5.92. The van der Waals surface area contributed by atoms with Crippen LogP contribution in [0.25, 0.3) is 0 Å². The van der Waals surface area contributed by atoms with Gasteiger partial charge in [-0.1, -0.05) is 29.8 Å². The number of amides is 3. The molecule has 0 aliphatic carbocycles. The lowest BCUT2D eigenvalue weighted by Gasteiger charge is -2.33. The maximum absolute atomic E-state index is 12.4. The van der Waals surface area contributed by atoms with Crippen LogP contribution in [0.2, 0.25) is 0 Å². The first-order valence-electron chi connectivity index (χ1n) is 9.15.